The van der Waals surface area contributed by atoms with Crippen molar-refractivity contribution in [1.29, 1.82) is 0 Å². The number of anilines is 1. The first-order valence-electron chi connectivity index (χ1n) is 9.37. The molecule has 0 spiro atoms. The molecule has 0 aliphatic heterocycles. The Bertz CT molecular complexity index is 1190. The van der Waals surface area contributed by atoms with E-state index in [4.69, 9.17) is 16.7 Å². The summed E-state index contributed by atoms with van der Waals surface area (Å²) in [5.74, 6) is 0.253. The molecule has 2 aromatic carbocycles. The van der Waals surface area contributed by atoms with E-state index in [1.165, 1.54) is 12.5 Å². The van der Waals surface area contributed by atoms with Gasteiger partial charge in [0, 0.05) is 28.8 Å². The Balaban J connectivity index is 1.63. The normalized spacial score (nSPS) is 14.7. The van der Waals surface area contributed by atoms with Gasteiger partial charge in [-0.25, -0.2) is 13.6 Å². The molecule has 0 saturated heterocycles. The fourth-order valence-corrected chi connectivity index (χ4v) is 4.46. The summed E-state index contributed by atoms with van der Waals surface area (Å²) in [5.41, 5.74) is 1.49. The third-order valence-corrected chi connectivity index (χ3v) is 6.52. The van der Waals surface area contributed by atoms with E-state index in [1.54, 1.807) is 41.2 Å². The minimum atomic E-state index is -3.99. The van der Waals surface area contributed by atoms with E-state index in [0.29, 0.717) is 33.1 Å². The zero-order valence-corrected chi connectivity index (χ0v) is 17.2. The number of amides is 1. The van der Waals surface area contributed by atoms with E-state index in [1.807, 2.05) is 0 Å². The van der Waals surface area contributed by atoms with Crippen molar-refractivity contribution in [3.05, 3.63) is 53.2 Å². The Morgan fingerprint density at radius 3 is 2.69 bits per heavy atom. The van der Waals surface area contributed by atoms with Crippen LogP contribution in [0.15, 0.2) is 47.5 Å². The van der Waals surface area contributed by atoms with Crippen LogP contribution in [0.1, 0.15) is 24.8 Å². The molecule has 1 aliphatic rings. The Hall–Kier alpha value is -2.42. The van der Waals surface area contributed by atoms with E-state index in [0.717, 1.165) is 19.4 Å². The van der Waals surface area contributed by atoms with E-state index in [9.17, 15) is 13.2 Å². The monoisotopic (exact) mass is 432 g/mol. The van der Waals surface area contributed by atoms with E-state index in [-0.39, 0.29) is 17.2 Å². The van der Waals surface area contributed by atoms with Crippen molar-refractivity contribution in [3.63, 3.8) is 0 Å². The lowest BCUT2D eigenvalue weighted by Gasteiger charge is -2.24. The number of nitrogens with zero attached hydrogens (tertiary/aromatic N) is 2. The summed E-state index contributed by atoms with van der Waals surface area (Å²) in [6.07, 6.45) is 5.31. The third-order valence-electron chi connectivity index (χ3n) is 5.20. The van der Waals surface area contributed by atoms with Gasteiger partial charge in [0.1, 0.15) is 0 Å². The maximum Gasteiger partial charge on any atom is 0.238 e. The summed E-state index contributed by atoms with van der Waals surface area (Å²) in [6, 6.07) is 10.1. The number of benzene rings is 2. The van der Waals surface area contributed by atoms with Crippen LogP contribution < -0.4 is 10.5 Å². The van der Waals surface area contributed by atoms with Gasteiger partial charge in [-0.2, -0.15) is 5.10 Å². The molecule has 0 radical (unpaired) electrons. The molecule has 1 aromatic heterocycles. The number of nitrogens with one attached hydrogen (secondary N) is 1. The average Bonchev–Trinajstić information content (AvgIpc) is 3.01. The first-order chi connectivity index (χ1) is 13.8. The van der Waals surface area contributed by atoms with Gasteiger partial charge in [0.2, 0.25) is 15.9 Å². The molecular formula is C20H21ClN4O3S. The maximum atomic E-state index is 12.5. The molecule has 1 amide bonds. The van der Waals surface area contributed by atoms with Gasteiger partial charge in [-0.05, 0) is 42.5 Å². The number of nitrogens with two attached hydrogens (primary N) is 1. The number of rotatable bonds is 6. The lowest BCUT2D eigenvalue weighted by Crippen LogP contribution is -2.18. The number of hydrogen-bond donors (Lipinski definition) is 2. The topological polar surface area (TPSA) is 107 Å². The van der Waals surface area contributed by atoms with Gasteiger partial charge in [-0.3, -0.25) is 9.48 Å². The second-order valence-corrected chi connectivity index (χ2v) is 9.35. The van der Waals surface area contributed by atoms with Crippen LogP contribution in [0, 0.1) is 5.92 Å². The second-order valence-electron chi connectivity index (χ2n) is 7.42. The molecule has 0 bridgehead atoms. The molecule has 0 unspecified atom stereocenters. The van der Waals surface area contributed by atoms with Crippen LogP contribution in [-0.2, 0) is 27.8 Å². The summed E-state index contributed by atoms with van der Waals surface area (Å²) in [5, 5.41) is 13.6. The minimum Gasteiger partial charge on any atom is -0.326 e. The predicted molar refractivity (Wildman–Crippen MR) is 112 cm³/mol. The molecule has 3 N–H and O–H groups in total. The van der Waals surface area contributed by atoms with Crippen LogP contribution in [0.2, 0.25) is 5.02 Å². The van der Waals surface area contributed by atoms with Gasteiger partial charge in [-0.15, -0.1) is 0 Å². The zero-order chi connectivity index (χ0) is 20.6. The van der Waals surface area contributed by atoms with E-state index < -0.39 is 10.0 Å². The highest BCUT2D eigenvalue weighted by Crippen LogP contribution is 2.30. The second kappa shape index (κ2) is 7.78. The summed E-state index contributed by atoms with van der Waals surface area (Å²) >= 11 is 6.11. The minimum absolute atomic E-state index is 0.0529. The molecule has 29 heavy (non-hydrogen) atoms. The Kier molecular flexibility index (Phi) is 5.33. The fourth-order valence-electron chi connectivity index (χ4n) is 3.50. The molecule has 1 saturated carbocycles. The van der Waals surface area contributed by atoms with Gasteiger partial charge in [0.05, 0.1) is 16.8 Å². The first kappa shape index (κ1) is 19.9. The number of carbonyl (C=O) groups excluding carboxylic acids is 1. The molecule has 1 fully saturated rings. The third kappa shape index (κ3) is 4.44. The van der Waals surface area contributed by atoms with E-state index in [2.05, 4.69) is 10.4 Å². The first-order valence-corrected chi connectivity index (χ1v) is 11.3. The Morgan fingerprint density at radius 1 is 1.28 bits per heavy atom. The lowest BCUT2D eigenvalue weighted by molar-refractivity contribution is -0.115. The van der Waals surface area contributed by atoms with Crippen molar-refractivity contribution in [2.24, 2.45) is 11.1 Å². The standard InChI is InChI=1S/C20H21ClN4O3S/c21-17-7-2-1-6-14(17)8-20(26)23-15-9-18-16(19(10-15)29(22,27)28)12-25(24-18)11-13-4-3-5-13/h1-2,6-7,9-10,12-13H,3-5,8,11H2,(H,23,26)(H2,22,27,28). The van der Waals surface area contributed by atoms with Crippen LogP contribution in [0.5, 0.6) is 0 Å². The van der Waals surface area contributed by atoms with Crippen LogP contribution in [0.3, 0.4) is 0 Å². The van der Waals surface area contributed by atoms with Gasteiger partial charge < -0.3 is 5.32 Å². The number of primary sulfonamides is 1. The highest BCUT2D eigenvalue weighted by Gasteiger charge is 2.21. The summed E-state index contributed by atoms with van der Waals surface area (Å²) < 4.78 is 26.0. The molecular weight excluding hydrogens is 412 g/mol. The molecule has 1 heterocycles. The largest absolute Gasteiger partial charge is 0.326 e. The predicted octanol–water partition coefficient (Wildman–Crippen LogP) is 3.32. The van der Waals surface area contributed by atoms with Crippen molar-refractivity contribution in [3.8, 4) is 0 Å². The number of hydrogen-bond acceptors (Lipinski definition) is 4. The van der Waals surface area contributed by atoms with Crippen molar-refractivity contribution < 1.29 is 13.2 Å². The number of sulfonamides is 1. The van der Waals surface area contributed by atoms with Gasteiger partial charge >= 0.3 is 0 Å². The van der Waals surface area contributed by atoms with Crippen molar-refractivity contribution in [2.75, 3.05) is 5.32 Å². The maximum absolute atomic E-state index is 12.5. The molecule has 3 aromatic rings. The van der Waals surface area contributed by atoms with Gasteiger partial charge in [-0.1, -0.05) is 36.2 Å². The number of aromatic nitrogens is 2. The van der Waals surface area contributed by atoms with Gasteiger partial charge in [0.25, 0.3) is 0 Å². The van der Waals surface area contributed by atoms with E-state index >= 15 is 0 Å². The smallest absolute Gasteiger partial charge is 0.238 e. The number of halogens is 1. The summed E-state index contributed by atoms with van der Waals surface area (Å²) in [6.45, 7) is 0.743. The number of fused-ring (bicyclic) bond motifs is 1. The molecule has 152 valence electrons. The quantitative estimate of drug-likeness (QED) is 0.622. The zero-order valence-electron chi connectivity index (χ0n) is 15.6. The molecule has 1 aliphatic carbocycles. The van der Waals surface area contributed by atoms with Gasteiger partial charge in [0.15, 0.2) is 0 Å². The SMILES string of the molecule is NS(=O)(=O)c1cc(NC(=O)Cc2ccccc2Cl)cc2nn(CC3CCC3)cc12. The summed E-state index contributed by atoms with van der Waals surface area (Å²) in [4.78, 5) is 12.4. The van der Waals surface area contributed by atoms with Crippen LogP contribution in [-0.4, -0.2) is 24.1 Å². The molecule has 4 rings (SSSR count). The average molecular weight is 433 g/mol. The Labute approximate surface area is 173 Å². The highest BCUT2D eigenvalue weighted by atomic mass is 35.5. The van der Waals surface area contributed by atoms with Crippen LogP contribution in [0.25, 0.3) is 10.9 Å². The van der Waals surface area contributed by atoms with Crippen LogP contribution in [0.4, 0.5) is 5.69 Å². The van der Waals surface area contributed by atoms with Crippen molar-refractivity contribution in [1.82, 2.24) is 9.78 Å². The summed E-state index contributed by atoms with van der Waals surface area (Å²) in [7, 11) is -3.99. The molecule has 0 atom stereocenters. The fraction of sp³-hybridized carbons (Fsp3) is 0.300. The van der Waals surface area contributed by atoms with Crippen molar-refractivity contribution >= 4 is 44.1 Å². The van der Waals surface area contributed by atoms with Crippen molar-refractivity contribution in [2.45, 2.75) is 37.1 Å². The number of carbonyl (C=O) groups is 1. The molecule has 7 nitrogen and oxygen atoms in total. The van der Waals surface area contributed by atoms with Crippen LogP contribution >= 0.6 is 11.6 Å². The Morgan fingerprint density at radius 2 is 2.03 bits per heavy atom. The molecule has 9 heteroatoms. The lowest BCUT2D eigenvalue weighted by atomic mass is 9.85. The highest BCUT2D eigenvalue weighted by molar-refractivity contribution is 7.89.